The van der Waals surface area contributed by atoms with Gasteiger partial charge >= 0.3 is 12.1 Å². The summed E-state index contributed by atoms with van der Waals surface area (Å²) in [5.41, 5.74) is 1.77. The molecule has 0 atom stereocenters. The maximum Gasteiger partial charge on any atom is 0.471 e. The molecule has 2 aromatic rings. The molecule has 1 N–H and O–H groups in total. The number of amides is 1. The molecule has 150 valence electrons. The van der Waals surface area contributed by atoms with E-state index in [2.05, 4.69) is 20.3 Å². The van der Waals surface area contributed by atoms with Crippen LogP contribution in [-0.4, -0.2) is 51.6 Å². The van der Waals surface area contributed by atoms with E-state index in [0.29, 0.717) is 31.0 Å². The van der Waals surface area contributed by atoms with Gasteiger partial charge in [0.25, 0.3) is 0 Å². The fourth-order valence-corrected chi connectivity index (χ4v) is 3.17. The zero-order chi connectivity index (χ0) is 20.1. The van der Waals surface area contributed by atoms with E-state index in [9.17, 15) is 18.0 Å². The zero-order valence-corrected chi connectivity index (χ0v) is 15.5. The van der Waals surface area contributed by atoms with Gasteiger partial charge in [-0.25, -0.2) is 9.97 Å². The Morgan fingerprint density at radius 1 is 1.21 bits per heavy atom. The third-order valence-corrected chi connectivity index (χ3v) is 4.80. The molecule has 1 aliphatic rings. The van der Waals surface area contributed by atoms with E-state index in [0.717, 1.165) is 22.6 Å². The molecule has 3 rings (SSSR count). The second-order valence-corrected chi connectivity index (χ2v) is 6.77. The monoisotopic (exact) mass is 393 g/mol. The quantitative estimate of drug-likeness (QED) is 0.844. The molecule has 0 saturated carbocycles. The Morgan fingerprint density at radius 2 is 1.89 bits per heavy atom. The zero-order valence-electron chi connectivity index (χ0n) is 15.5. The van der Waals surface area contributed by atoms with Crippen molar-refractivity contribution >= 4 is 11.7 Å². The first-order valence-electron chi connectivity index (χ1n) is 9.25. The van der Waals surface area contributed by atoms with Gasteiger partial charge in [0.05, 0.1) is 0 Å². The molecule has 0 aromatic carbocycles. The summed E-state index contributed by atoms with van der Waals surface area (Å²) in [4.78, 5) is 25.3. The molecule has 1 fully saturated rings. The van der Waals surface area contributed by atoms with Crippen molar-refractivity contribution in [3.05, 3.63) is 36.3 Å². The van der Waals surface area contributed by atoms with Crippen molar-refractivity contribution < 1.29 is 18.0 Å². The van der Waals surface area contributed by atoms with E-state index >= 15 is 0 Å². The molecular weight excluding hydrogens is 371 g/mol. The topological polar surface area (TPSA) is 71.0 Å². The van der Waals surface area contributed by atoms with Crippen LogP contribution in [0.2, 0.25) is 0 Å². The highest BCUT2D eigenvalue weighted by Crippen LogP contribution is 2.24. The maximum atomic E-state index is 12.5. The minimum atomic E-state index is -4.80. The molecule has 1 aliphatic heterocycles. The van der Waals surface area contributed by atoms with Crippen molar-refractivity contribution in [1.82, 2.24) is 19.9 Å². The number of hydrogen-bond donors (Lipinski definition) is 1. The Bertz CT molecular complexity index is 805. The van der Waals surface area contributed by atoms with Gasteiger partial charge in [0.2, 0.25) is 0 Å². The molecule has 0 radical (unpaired) electrons. The molecule has 6 nitrogen and oxygen atoms in total. The number of nitrogens with zero attached hydrogens (tertiary/aromatic N) is 4. The van der Waals surface area contributed by atoms with Crippen LogP contribution < -0.4 is 5.32 Å². The summed E-state index contributed by atoms with van der Waals surface area (Å²) in [6.07, 6.45) is 0.371. The lowest BCUT2D eigenvalue weighted by atomic mass is 9.96. The highest BCUT2D eigenvalue weighted by molar-refractivity contribution is 5.81. The SMILES string of the molecule is CCc1cc(NCC2CCN(C(=O)C(F)(F)F)CC2)nc(-c2ccncc2)n1. The van der Waals surface area contributed by atoms with Gasteiger partial charge in [-0.3, -0.25) is 9.78 Å². The summed E-state index contributed by atoms with van der Waals surface area (Å²) in [5, 5.41) is 3.28. The Hall–Kier alpha value is -2.71. The number of hydrogen-bond acceptors (Lipinski definition) is 5. The van der Waals surface area contributed by atoms with E-state index in [-0.39, 0.29) is 19.0 Å². The third kappa shape index (κ3) is 4.96. The second kappa shape index (κ2) is 8.53. The fourth-order valence-electron chi connectivity index (χ4n) is 3.17. The number of alkyl halides is 3. The first-order valence-corrected chi connectivity index (χ1v) is 9.25. The first-order chi connectivity index (χ1) is 13.4. The predicted molar refractivity (Wildman–Crippen MR) is 98.5 cm³/mol. The van der Waals surface area contributed by atoms with E-state index in [1.54, 1.807) is 12.4 Å². The molecule has 1 amide bonds. The molecular formula is C19H22F3N5O. The van der Waals surface area contributed by atoms with Crippen molar-refractivity contribution in [2.45, 2.75) is 32.4 Å². The number of rotatable bonds is 5. The molecule has 0 spiro atoms. The van der Waals surface area contributed by atoms with Crippen LogP contribution in [0.25, 0.3) is 11.4 Å². The Balaban J connectivity index is 1.60. The smallest absolute Gasteiger partial charge is 0.370 e. The summed E-state index contributed by atoms with van der Waals surface area (Å²) in [5.74, 6) is -0.270. The van der Waals surface area contributed by atoms with Crippen molar-refractivity contribution in [3.8, 4) is 11.4 Å². The Labute approximate surface area is 161 Å². The molecule has 9 heteroatoms. The largest absolute Gasteiger partial charge is 0.471 e. The number of aryl methyl sites for hydroxylation is 1. The van der Waals surface area contributed by atoms with Crippen LogP contribution in [0.3, 0.4) is 0 Å². The fraction of sp³-hybridized carbons (Fsp3) is 0.474. The minimum absolute atomic E-state index is 0.122. The molecule has 3 heterocycles. The maximum absolute atomic E-state index is 12.5. The van der Waals surface area contributed by atoms with E-state index < -0.39 is 12.1 Å². The van der Waals surface area contributed by atoms with E-state index in [4.69, 9.17) is 0 Å². The Morgan fingerprint density at radius 3 is 2.50 bits per heavy atom. The second-order valence-electron chi connectivity index (χ2n) is 6.77. The van der Waals surface area contributed by atoms with Crippen molar-refractivity contribution in [1.29, 1.82) is 0 Å². The van der Waals surface area contributed by atoms with Crippen LogP contribution in [0.4, 0.5) is 19.0 Å². The van der Waals surface area contributed by atoms with Crippen LogP contribution in [0, 0.1) is 5.92 Å². The van der Waals surface area contributed by atoms with Gasteiger partial charge < -0.3 is 10.2 Å². The number of carbonyl (C=O) groups is 1. The summed E-state index contributed by atoms with van der Waals surface area (Å²) in [6, 6.07) is 5.56. The summed E-state index contributed by atoms with van der Waals surface area (Å²) < 4.78 is 37.6. The average Bonchev–Trinajstić information content (AvgIpc) is 2.72. The van der Waals surface area contributed by atoms with Gasteiger partial charge in [-0.2, -0.15) is 13.2 Å². The molecule has 0 aliphatic carbocycles. The van der Waals surface area contributed by atoms with E-state index in [1.165, 1.54) is 0 Å². The van der Waals surface area contributed by atoms with Crippen molar-refractivity contribution in [3.63, 3.8) is 0 Å². The normalized spacial score (nSPS) is 15.5. The lowest BCUT2D eigenvalue weighted by molar-refractivity contribution is -0.186. The lowest BCUT2D eigenvalue weighted by Crippen LogP contribution is -2.46. The molecule has 0 unspecified atom stereocenters. The summed E-state index contributed by atoms with van der Waals surface area (Å²) in [7, 11) is 0. The lowest BCUT2D eigenvalue weighted by Gasteiger charge is -2.32. The summed E-state index contributed by atoms with van der Waals surface area (Å²) in [6.45, 7) is 2.84. The van der Waals surface area contributed by atoms with Gasteiger partial charge in [0.1, 0.15) is 5.82 Å². The van der Waals surface area contributed by atoms with Crippen molar-refractivity contribution in [2.75, 3.05) is 25.0 Å². The molecule has 0 bridgehead atoms. The molecule has 2 aromatic heterocycles. The highest BCUT2D eigenvalue weighted by Gasteiger charge is 2.43. The Kier molecular flexibility index (Phi) is 6.11. The van der Waals surface area contributed by atoms with Gasteiger partial charge in [-0.1, -0.05) is 6.92 Å². The number of piperidine rings is 1. The van der Waals surface area contributed by atoms with Gasteiger partial charge in [-0.05, 0) is 37.3 Å². The number of aromatic nitrogens is 3. The third-order valence-electron chi connectivity index (χ3n) is 4.80. The summed E-state index contributed by atoms with van der Waals surface area (Å²) >= 11 is 0. The number of nitrogens with one attached hydrogen (secondary N) is 1. The van der Waals surface area contributed by atoms with Gasteiger partial charge in [0, 0.05) is 49.4 Å². The number of likely N-dealkylation sites (tertiary alicyclic amines) is 1. The molecule has 28 heavy (non-hydrogen) atoms. The predicted octanol–water partition coefficient (Wildman–Crippen LogP) is 3.31. The van der Waals surface area contributed by atoms with Crippen LogP contribution >= 0.6 is 0 Å². The van der Waals surface area contributed by atoms with E-state index in [1.807, 2.05) is 25.1 Å². The molecule has 1 saturated heterocycles. The van der Waals surface area contributed by atoms with Crippen LogP contribution in [-0.2, 0) is 11.2 Å². The number of anilines is 1. The number of pyridine rings is 1. The van der Waals surface area contributed by atoms with Gasteiger partial charge in [-0.15, -0.1) is 0 Å². The minimum Gasteiger partial charge on any atom is -0.370 e. The number of carbonyl (C=O) groups excluding carboxylic acids is 1. The standard InChI is InChI=1S/C19H22F3N5O/c1-2-15-11-16(26-17(25-15)14-3-7-23-8-4-14)24-12-13-5-9-27(10-6-13)18(28)19(20,21)22/h3-4,7-8,11,13H,2,5-6,9-10,12H2,1H3,(H,24,25,26). The van der Waals surface area contributed by atoms with Crippen molar-refractivity contribution in [2.24, 2.45) is 5.92 Å². The highest BCUT2D eigenvalue weighted by atomic mass is 19.4. The van der Waals surface area contributed by atoms with Crippen LogP contribution in [0.15, 0.2) is 30.6 Å². The number of halogens is 3. The first kappa shape index (κ1) is 20.0. The van der Waals surface area contributed by atoms with Crippen LogP contribution in [0.1, 0.15) is 25.5 Å². The average molecular weight is 393 g/mol. The van der Waals surface area contributed by atoms with Gasteiger partial charge in [0.15, 0.2) is 5.82 Å². The van der Waals surface area contributed by atoms with Crippen LogP contribution in [0.5, 0.6) is 0 Å².